The predicted octanol–water partition coefficient (Wildman–Crippen LogP) is 1.84. The van der Waals surface area contributed by atoms with Gasteiger partial charge in [0.1, 0.15) is 17.5 Å². The Labute approximate surface area is 123 Å². The quantitative estimate of drug-likeness (QED) is 0.913. The number of carbonyl (C=O) groups excluding carboxylic acids is 1. The first-order chi connectivity index (χ1) is 9.92. The van der Waals surface area contributed by atoms with Gasteiger partial charge in [-0.05, 0) is 12.1 Å². The zero-order valence-corrected chi connectivity index (χ0v) is 12.3. The fraction of sp³-hybridized carbons (Fsp3) is 0.400. The van der Waals surface area contributed by atoms with Crippen molar-refractivity contribution in [3.05, 3.63) is 41.5 Å². The topological polar surface area (TPSA) is 77.7 Å². The molecule has 1 aliphatic rings. The number of likely N-dealkylation sites (tertiary alicyclic amines) is 1. The summed E-state index contributed by atoms with van der Waals surface area (Å²) in [5.41, 5.74) is 1.91. The molecule has 6 heteroatoms. The van der Waals surface area contributed by atoms with Gasteiger partial charge < -0.3 is 9.88 Å². The molecular weight excluding hydrogens is 266 g/mol. The molecule has 1 amide bonds. The summed E-state index contributed by atoms with van der Waals surface area (Å²) in [5, 5.41) is 13.0. The molecule has 0 saturated carbocycles. The van der Waals surface area contributed by atoms with Crippen LogP contribution in [0.25, 0.3) is 0 Å². The van der Waals surface area contributed by atoms with Crippen molar-refractivity contribution in [1.29, 1.82) is 5.26 Å². The molecule has 0 aromatic carbocycles. The highest BCUT2D eigenvalue weighted by molar-refractivity contribution is 5.93. The third-order valence-electron chi connectivity index (χ3n) is 3.97. The largest absolute Gasteiger partial charge is 0.342 e. The molecule has 0 aliphatic carbocycles. The van der Waals surface area contributed by atoms with Crippen molar-refractivity contribution >= 4 is 5.91 Å². The van der Waals surface area contributed by atoms with Gasteiger partial charge in [0.05, 0.1) is 12.2 Å². The van der Waals surface area contributed by atoms with Crippen molar-refractivity contribution < 1.29 is 4.79 Å². The molecule has 1 saturated heterocycles. The SMILES string of the molecule is Cn1cc(C2N(C(=O)c3ccc(C#N)[nH]3)CC2(C)C)cn1. The van der Waals surface area contributed by atoms with Crippen LogP contribution < -0.4 is 0 Å². The summed E-state index contributed by atoms with van der Waals surface area (Å²) < 4.78 is 1.74. The summed E-state index contributed by atoms with van der Waals surface area (Å²) >= 11 is 0. The number of aromatic amines is 1. The lowest BCUT2D eigenvalue weighted by Crippen LogP contribution is -2.57. The van der Waals surface area contributed by atoms with E-state index in [-0.39, 0.29) is 17.4 Å². The number of nitriles is 1. The van der Waals surface area contributed by atoms with E-state index in [1.165, 1.54) is 0 Å². The number of hydrogen-bond acceptors (Lipinski definition) is 3. The summed E-state index contributed by atoms with van der Waals surface area (Å²) in [6, 6.07) is 5.29. The zero-order valence-electron chi connectivity index (χ0n) is 12.3. The fourth-order valence-corrected chi connectivity index (χ4v) is 3.07. The number of amides is 1. The van der Waals surface area contributed by atoms with Gasteiger partial charge in [0.2, 0.25) is 0 Å². The van der Waals surface area contributed by atoms with E-state index in [0.29, 0.717) is 17.9 Å². The first-order valence-electron chi connectivity index (χ1n) is 6.81. The Morgan fingerprint density at radius 3 is 2.81 bits per heavy atom. The van der Waals surface area contributed by atoms with Crippen LogP contribution in [0, 0.1) is 16.7 Å². The molecule has 0 bridgehead atoms. The van der Waals surface area contributed by atoms with E-state index in [1.54, 1.807) is 23.0 Å². The third kappa shape index (κ3) is 2.11. The highest BCUT2D eigenvalue weighted by Crippen LogP contribution is 2.48. The number of nitrogens with zero attached hydrogens (tertiary/aromatic N) is 4. The second-order valence-electron chi connectivity index (χ2n) is 6.17. The Kier molecular flexibility index (Phi) is 2.87. The first-order valence-corrected chi connectivity index (χ1v) is 6.81. The summed E-state index contributed by atoms with van der Waals surface area (Å²) in [4.78, 5) is 17.3. The molecule has 108 valence electrons. The van der Waals surface area contributed by atoms with Crippen LogP contribution in [0.5, 0.6) is 0 Å². The van der Waals surface area contributed by atoms with Crippen LogP contribution in [0.3, 0.4) is 0 Å². The van der Waals surface area contributed by atoms with E-state index in [4.69, 9.17) is 5.26 Å². The third-order valence-corrected chi connectivity index (χ3v) is 3.97. The molecule has 1 aliphatic heterocycles. The number of rotatable bonds is 2. The normalized spacial score (nSPS) is 19.9. The molecule has 0 radical (unpaired) electrons. The molecule has 6 nitrogen and oxygen atoms in total. The number of carbonyl (C=O) groups is 1. The van der Waals surface area contributed by atoms with Crippen molar-refractivity contribution in [1.82, 2.24) is 19.7 Å². The molecular formula is C15H17N5O. The van der Waals surface area contributed by atoms with Crippen molar-refractivity contribution in [3.8, 4) is 6.07 Å². The number of hydrogen-bond donors (Lipinski definition) is 1. The highest BCUT2D eigenvalue weighted by Gasteiger charge is 2.49. The molecule has 2 aromatic heterocycles. The smallest absolute Gasteiger partial charge is 0.270 e. The van der Waals surface area contributed by atoms with Crippen LogP contribution in [0.15, 0.2) is 24.5 Å². The predicted molar refractivity (Wildman–Crippen MR) is 76.3 cm³/mol. The van der Waals surface area contributed by atoms with Gasteiger partial charge in [-0.2, -0.15) is 10.4 Å². The van der Waals surface area contributed by atoms with Gasteiger partial charge in [0, 0.05) is 30.8 Å². The minimum atomic E-state index is -0.0790. The molecule has 3 rings (SSSR count). The maximum absolute atomic E-state index is 12.6. The molecule has 1 fully saturated rings. The molecule has 1 N–H and O–H groups in total. The van der Waals surface area contributed by atoms with Crippen LogP contribution in [0.1, 0.15) is 41.6 Å². The lowest BCUT2D eigenvalue weighted by molar-refractivity contribution is -0.0326. The average molecular weight is 283 g/mol. The molecule has 2 aromatic rings. The van der Waals surface area contributed by atoms with E-state index < -0.39 is 0 Å². The van der Waals surface area contributed by atoms with Crippen LogP contribution in [0.2, 0.25) is 0 Å². The van der Waals surface area contributed by atoms with Gasteiger partial charge in [-0.1, -0.05) is 13.8 Å². The van der Waals surface area contributed by atoms with E-state index in [1.807, 2.05) is 24.2 Å². The Balaban J connectivity index is 1.88. The van der Waals surface area contributed by atoms with Gasteiger partial charge in [-0.25, -0.2) is 0 Å². The van der Waals surface area contributed by atoms with E-state index in [0.717, 1.165) is 5.56 Å². The summed E-state index contributed by atoms with van der Waals surface area (Å²) in [5.74, 6) is -0.0790. The maximum Gasteiger partial charge on any atom is 0.270 e. The van der Waals surface area contributed by atoms with Gasteiger partial charge in [0.15, 0.2) is 0 Å². The lowest BCUT2D eigenvalue weighted by Gasteiger charge is -2.53. The summed E-state index contributed by atoms with van der Waals surface area (Å²) in [6.45, 7) is 4.97. The van der Waals surface area contributed by atoms with Crippen molar-refractivity contribution in [2.24, 2.45) is 12.5 Å². The van der Waals surface area contributed by atoms with Crippen LogP contribution >= 0.6 is 0 Å². The van der Waals surface area contributed by atoms with Gasteiger partial charge in [0.25, 0.3) is 5.91 Å². The van der Waals surface area contributed by atoms with Gasteiger partial charge in [-0.15, -0.1) is 0 Å². The number of aromatic nitrogens is 3. The van der Waals surface area contributed by atoms with E-state index in [9.17, 15) is 4.79 Å². The maximum atomic E-state index is 12.6. The Hall–Kier alpha value is -2.55. The monoisotopic (exact) mass is 283 g/mol. The first kappa shape index (κ1) is 13.4. The zero-order chi connectivity index (χ0) is 15.2. The lowest BCUT2D eigenvalue weighted by atomic mass is 9.72. The summed E-state index contributed by atoms with van der Waals surface area (Å²) in [7, 11) is 1.87. The second kappa shape index (κ2) is 4.48. The Morgan fingerprint density at radius 1 is 1.52 bits per heavy atom. The van der Waals surface area contributed by atoms with Gasteiger partial charge >= 0.3 is 0 Å². The van der Waals surface area contributed by atoms with Crippen LogP contribution in [-0.2, 0) is 7.05 Å². The highest BCUT2D eigenvalue weighted by atomic mass is 16.2. The second-order valence-corrected chi connectivity index (χ2v) is 6.17. The Bertz CT molecular complexity index is 733. The molecule has 3 heterocycles. The van der Waals surface area contributed by atoms with Gasteiger partial charge in [-0.3, -0.25) is 9.48 Å². The molecule has 0 spiro atoms. The number of H-pyrrole nitrogens is 1. The number of aryl methyl sites for hydroxylation is 1. The average Bonchev–Trinajstić information content (AvgIpc) is 3.04. The Morgan fingerprint density at radius 2 is 2.29 bits per heavy atom. The van der Waals surface area contributed by atoms with E-state index in [2.05, 4.69) is 23.9 Å². The summed E-state index contributed by atoms with van der Waals surface area (Å²) in [6.07, 6.45) is 3.75. The number of nitrogens with one attached hydrogen (secondary N) is 1. The molecule has 21 heavy (non-hydrogen) atoms. The van der Waals surface area contributed by atoms with Crippen LogP contribution in [-0.4, -0.2) is 32.1 Å². The minimum Gasteiger partial charge on any atom is -0.342 e. The molecule has 1 unspecified atom stereocenters. The fourth-order valence-electron chi connectivity index (χ4n) is 3.07. The van der Waals surface area contributed by atoms with E-state index >= 15 is 0 Å². The molecule has 1 atom stereocenters. The van der Waals surface area contributed by atoms with Crippen LogP contribution in [0.4, 0.5) is 0 Å². The standard InChI is InChI=1S/C15H17N5O/c1-15(2)9-20(13(15)10-7-17-19(3)8-10)14(21)12-5-4-11(6-16)18-12/h4-5,7-8,13,18H,9H2,1-3H3. The minimum absolute atomic E-state index is 0.00698. The van der Waals surface area contributed by atoms with Crippen molar-refractivity contribution in [2.75, 3.05) is 6.54 Å². The van der Waals surface area contributed by atoms with Crippen molar-refractivity contribution in [2.45, 2.75) is 19.9 Å². The van der Waals surface area contributed by atoms with Crippen molar-refractivity contribution in [3.63, 3.8) is 0 Å².